The average Bonchev–Trinajstić information content (AvgIpc) is 2.77. The first kappa shape index (κ1) is 22.2. The highest BCUT2D eigenvalue weighted by molar-refractivity contribution is 5.76. The van der Waals surface area contributed by atoms with Gasteiger partial charge in [-0.1, -0.05) is 12.1 Å². The van der Waals surface area contributed by atoms with Gasteiger partial charge in [0.2, 0.25) is 5.91 Å². The Balaban J connectivity index is 1.90. The maximum absolute atomic E-state index is 13.4. The number of benzene rings is 2. The molecular weight excluding hydrogens is 401 g/mol. The standard InChI is InChI=1S/C23H24FN3O4/c1-15-20(10-11-28)23(30)27(22(26-15)17-6-8-18(24)9-7-17)14-21(29)25-13-16-4-3-5-19(12-16)31-2/h3-9,12,28H,10-11,13-14H2,1-2H3,(H,25,29). The van der Waals surface area contributed by atoms with Crippen LogP contribution in [0, 0.1) is 12.7 Å². The fourth-order valence-corrected chi connectivity index (χ4v) is 3.25. The highest BCUT2D eigenvalue weighted by Gasteiger charge is 2.17. The van der Waals surface area contributed by atoms with Gasteiger partial charge in [-0.3, -0.25) is 14.2 Å². The Morgan fingerprint density at radius 3 is 2.65 bits per heavy atom. The lowest BCUT2D eigenvalue weighted by molar-refractivity contribution is -0.121. The number of halogens is 1. The van der Waals surface area contributed by atoms with E-state index >= 15 is 0 Å². The number of aliphatic hydroxyl groups is 1. The topological polar surface area (TPSA) is 93.4 Å². The number of methoxy groups -OCH3 is 1. The Morgan fingerprint density at radius 1 is 1.23 bits per heavy atom. The van der Waals surface area contributed by atoms with Crippen LogP contribution in [-0.2, 0) is 24.3 Å². The smallest absolute Gasteiger partial charge is 0.257 e. The van der Waals surface area contributed by atoms with E-state index in [1.807, 2.05) is 18.2 Å². The van der Waals surface area contributed by atoms with E-state index in [1.165, 1.54) is 28.8 Å². The van der Waals surface area contributed by atoms with Gasteiger partial charge in [-0.25, -0.2) is 9.37 Å². The number of nitrogens with one attached hydrogen (secondary N) is 1. The molecule has 2 N–H and O–H groups in total. The van der Waals surface area contributed by atoms with Gasteiger partial charge in [0.05, 0.1) is 7.11 Å². The van der Waals surface area contributed by atoms with E-state index in [9.17, 15) is 19.1 Å². The lowest BCUT2D eigenvalue weighted by atomic mass is 10.1. The summed E-state index contributed by atoms with van der Waals surface area (Å²) in [5.41, 5.74) is 1.76. The zero-order valence-corrected chi connectivity index (χ0v) is 17.4. The first-order chi connectivity index (χ1) is 14.9. The second-order valence-corrected chi connectivity index (χ2v) is 7.00. The fraction of sp³-hybridized carbons (Fsp3) is 0.261. The Bertz CT molecular complexity index is 1130. The number of aromatic nitrogens is 2. The minimum absolute atomic E-state index is 0.132. The van der Waals surface area contributed by atoms with Crippen molar-refractivity contribution in [2.24, 2.45) is 0 Å². The van der Waals surface area contributed by atoms with Crippen LogP contribution >= 0.6 is 0 Å². The molecular formula is C23H24FN3O4. The normalized spacial score (nSPS) is 10.7. The van der Waals surface area contributed by atoms with Crippen LogP contribution in [0.5, 0.6) is 5.75 Å². The van der Waals surface area contributed by atoms with E-state index in [0.29, 0.717) is 22.6 Å². The third-order valence-corrected chi connectivity index (χ3v) is 4.86. The van der Waals surface area contributed by atoms with Gasteiger partial charge in [-0.2, -0.15) is 0 Å². The Labute approximate surface area is 179 Å². The summed E-state index contributed by atoms with van der Waals surface area (Å²) in [4.78, 5) is 30.2. The molecule has 0 radical (unpaired) electrons. The lowest BCUT2D eigenvalue weighted by Gasteiger charge is -2.16. The van der Waals surface area contributed by atoms with Gasteiger partial charge < -0.3 is 15.2 Å². The van der Waals surface area contributed by atoms with Crippen molar-refractivity contribution in [3.8, 4) is 17.1 Å². The summed E-state index contributed by atoms with van der Waals surface area (Å²) in [6.07, 6.45) is 0.132. The summed E-state index contributed by atoms with van der Waals surface area (Å²) in [6, 6.07) is 12.8. The zero-order valence-electron chi connectivity index (χ0n) is 17.4. The number of hydrogen-bond acceptors (Lipinski definition) is 5. The van der Waals surface area contributed by atoms with Crippen LogP contribution < -0.4 is 15.6 Å². The van der Waals surface area contributed by atoms with Crippen molar-refractivity contribution < 1.29 is 19.0 Å². The molecule has 2 aromatic carbocycles. The number of rotatable bonds is 8. The minimum Gasteiger partial charge on any atom is -0.497 e. The van der Waals surface area contributed by atoms with Crippen LogP contribution in [0.15, 0.2) is 53.3 Å². The van der Waals surface area contributed by atoms with Crippen molar-refractivity contribution >= 4 is 5.91 Å². The summed E-state index contributed by atoms with van der Waals surface area (Å²) < 4.78 is 19.8. The second kappa shape index (κ2) is 9.99. The molecule has 0 atom stereocenters. The Kier molecular flexibility index (Phi) is 7.15. The number of carbonyl (C=O) groups is 1. The summed E-state index contributed by atoms with van der Waals surface area (Å²) in [5.74, 6) is 0.148. The van der Waals surface area contributed by atoms with Crippen LogP contribution in [0.4, 0.5) is 4.39 Å². The van der Waals surface area contributed by atoms with Crippen LogP contribution in [0.25, 0.3) is 11.4 Å². The molecule has 162 valence electrons. The van der Waals surface area contributed by atoms with E-state index in [0.717, 1.165) is 5.56 Å². The minimum atomic E-state index is -0.415. The largest absolute Gasteiger partial charge is 0.497 e. The number of nitrogens with zero attached hydrogens (tertiary/aromatic N) is 2. The fourth-order valence-electron chi connectivity index (χ4n) is 3.25. The third-order valence-electron chi connectivity index (χ3n) is 4.86. The molecule has 0 spiro atoms. The average molecular weight is 425 g/mol. The van der Waals surface area contributed by atoms with Crippen molar-refractivity contribution in [2.75, 3.05) is 13.7 Å². The molecule has 0 aliphatic carbocycles. The summed E-state index contributed by atoms with van der Waals surface area (Å²) >= 11 is 0. The van der Waals surface area contributed by atoms with Gasteiger partial charge in [0.1, 0.15) is 23.9 Å². The van der Waals surface area contributed by atoms with Gasteiger partial charge in [-0.05, 0) is 48.9 Å². The zero-order chi connectivity index (χ0) is 22.4. The molecule has 3 aromatic rings. The Morgan fingerprint density at radius 2 is 1.97 bits per heavy atom. The number of ether oxygens (including phenoxy) is 1. The summed E-state index contributed by atoms with van der Waals surface area (Å²) in [7, 11) is 1.56. The predicted molar refractivity (Wildman–Crippen MR) is 114 cm³/mol. The van der Waals surface area contributed by atoms with Gasteiger partial charge in [0.25, 0.3) is 5.56 Å². The molecule has 0 unspecified atom stereocenters. The van der Waals surface area contributed by atoms with Crippen molar-refractivity contribution in [1.29, 1.82) is 0 Å². The van der Waals surface area contributed by atoms with E-state index in [-0.39, 0.29) is 37.8 Å². The second-order valence-electron chi connectivity index (χ2n) is 7.00. The molecule has 0 aliphatic rings. The third kappa shape index (κ3) is 5.35. The summed E-state index contributed by atoms with van der Waals surface area (Å²) in [6.45, 7) is 1.46. The molecule has 1 aromatic heterocycles. The van der Waals surface area contributed by atoms with Crippen LogP contribution in [0.2, 0.25) is 0 Å². The van der Waals surface area contributed by atoms with E-state index in [4.69, 9.17) is 4.74 Å². The van der Waals surface area contributed by atoms with Crippen LogP contribution in [-0.4, -0.2) is 34.3 Å². The van der Waals surface area contributed by atoms with Gasteiger partial charge >= 0.3 is 0 Å². The van der Waals surface area contributed by atoms with Crippen LogP contribution in [0.1, 0.15) is 16.8 Å². The summed E-state index contributed by atoms with van der Waals surface area (Å²) in [5, 5.41) is 12.1. The van der Waals surface area contributed by atoms with Gasteiger partial charge in [0.15, 0.2) is 0 Å². The molecule has 0 fully saturated rings. The lowest BCUT2D eigenvalue weighted by Crippen LogP contribution is -2.35. The predicted octanol–water partition coefficient (Wildman–Crippen LogP) is 2.22. The first-order valence-electron chi connectivity index (χ1n) is 9.79. The monoisotopic (exact) mass is 425 g/mol. The molecule has 0 aliphatic heterocycles. The quantitative estimate of drug-likeness (QED) is 0.577. The number of hydrogen-bond donors (Lipinski definition) is 2. The molecule has 1 heterocycles. The van der Waals surface area contributed by atoms with Gasteiger partial charge in [0, 0.05) is 36.4 Å². The SMILES string of the molecule is COc1cccc(CNC(=O)Cn2c(-c3ccc(F)cc3)nc(C)c(CCO)c2=O)c1. The van der Waals surface area contributed by atoms with E-state index < -0.39 is 11.4 Å². The molecule has 1 amide bonds. The maximum atomic E-state index is 13.4. The molecule has 3 rings (SSSR count). The first-order valence-corrected chi connectivity index (χ1v) is 9.79. The highest BCUT2D eigenvalue weighted by atomic mass is 19.1. The van der Waals surface area contributed by atoms with Crippen LogP contribution in [0.3, 0.4) is 0 Å². The number of aryl methyl sites for hydroxylation is 1. The number of aliphatic hydroxyl groups excluding tert-OH is 1. The van der Waals surface area contributed by atoms with E-state index in [2.05, 4.69) is 10.3 Å². The van der Waals surface area contributed by atoms with Crippen molar-refractivity contribution in [3.63, 3.8) is 0 Å². The molecule has 0 saturated heterocycles. The van der Waals surface area contributed by atoms with Crippen molar-refractivity contribution in [3.05, 3.63) is 81.5 Å². The number of carbonyl (C=O) groups excluding carboxylic acids is 1. The molecule has 31 heavy (non-hydrogen) atoms. The maximum Gasteiger partial charge on any atom is 0.257 e. The molecule has 7 nitrogen and oxygen atoms in total. The van der Waals surface area contributed by atoms with Crippen molar-refractivity contribution in [1.82, 2.24) is 14.9 Å². The van der Waals surface area contributed by atoms with Crippen molar-refractivity contribution in [2.45, 2.75) is 26.4 Å². The Hall–Kier alpha value is -3.52. The van der Waals surface area contributed by atoms with Gasteiger partial charge in [-0.15, -0.1) is 0 Å². The molecule has 0 bridgehead atoms. The molecule has 8 heteroatoms. The highest BCUT2D eigenvalue weighted by Crippen LogP contribution is 2.18. The molecule has 0 saturated carbocycles. The number of amides is 1. The van der Waals surface area contributed by atoms with E-state index in [1.54, 1.807) is 20.1 Å².